The van der Waals surface area contributed by atoms with Gasteiger partial charge in [0.25, 0.3) is 0 Å². The summed E-state index contributed by atoms with van der Waals surface area (Å²) in [5, 5.41) is 5.30. The van der Waals surface area contributed by atoms with E-state index in [1.807, 2.05) is 12.1 Å². The van der Waals surface area contributed by atoms with Crippen LogP contribution in [0.4, 0.5) is 10.5 Å². The summed E-state index contributed by atoms with van der Waals surface area (Å²) in [6.07, 6.45) is 0.936. The van der Waals surface area contributed by atoms with E-state index in [0.717, 1.165) is 18.4 Å². The predicted octanol–water partition coefficient (Wildman–Crippen LogP) is 4.14. The first-order chi connectivity index (χ1) is 15.5. The van der Waals surface area contributed by atoms with Gasteiger partial charge in [0.1, 0.15) is 5.60 Å². The lowest BCUT2D eigenvalue weighted by Gasteiger charge is -2.19. The first kappa shape index (κ1) is 25.6. The van der Waals surface area contributed by atoms with Crippen LogP contribution in [0.2, 0.25) is 0 Å². The second-order valence-electron chi connectivity index (χ2n) is 8.49. The minimum atomic E-state index is -0.675. The molecule has 0 spiro atoms. The Bertz CT molecular complexity index is 993. The summed E-state index contributed by atoms with van der Waals surface area (Å²) >= 11 is 0. The first-order valence-corrected chi connectivity index (χ1v) is 10.7. The number of ether oxygens (including phenoxy) is 2. The number of anilines is 1. The fourth-order valence-electron chi connectivity index (χ4n) is 2.86. The molecule has 2 amide bonds. The third-order valence-electron chi connectivity index (χ3n) is 4.37. The molecule has 0 heterocycles. The van der Waals surface area contributed by atoms with Gasteiger partial charge >= 0.3 is 12.1 Å². The van der Waals surface area contributed by atoms with Gasteiger partial charge in [-0.15, -0.1) is 0 Å². The second-order valence-corrected chi connectivity index (χ2v) is 8.49. The van der Waals surface area contributed by atoms with E-state index in [9.17, 15) is 19.2 Å². The maximum Gasteiger partial charge on any atom is 0.412 e. The van der Waals surface area contributed by atoms with Gasteiger partial charge in [0.15, 0.2) is 12.4 Å². The molecule has 0 saturated carbocycles. The molecule has 0 aliphatic heterocycles. The highest BCUT2D eigenvalue weighted by molar-refractivity contribution is 5.99. The number of rotatable bonds is 9. The summed E-state index contributed by atoms with van der Waals surface area (Å²) in [5.74, 6) is -1.06. The highest BCUT2D eigenvalue weighted by Gasteiger charge is 2.17. The number of aryl methyl sites for hydroxylation is 1. The topological polar surface area (TPSA) is 111 Å². The van der Waals surface area contributed by atoms with E-state index in [1.165, 1.54) is 19.1 Å². The van der Waals surface area contributed by atoms with Crippen LogP contribution in [-0.4, -0.2) is 42.5 Å². The SMILES string of the molecule is CC(=O)NCCCc1ccc(C(=O)COC(=O)c2cccc(NC(=O)OC(C)(C)C)c2)cc1. The fraction of sp³-hybridized carbons (Fsp3) is 0.360. The molecular formula is C25H30N2O6. The van der Waals surface area contributed by atoms with Gasteiger partial charge in [-0.05, 0) is 57.4 Å². The van der Waals surface area contributed by atoms with Gasteiger partial charge in [0, 0.05) is 24.7 Å². The molecule has 0 aliphatic rings. The van der Waals surface area contributed by atoms with Crippen molar-refractivity contribution in [1.29, 1.82) is 0 Å². The smallest absolute Gasteiger partial charge is 0.412 e. The lowest BCUT2D eigenvalue weighted by Crippen LogP contribution is -2.27. The van der Waals surface area contributed by atoms with Crippen LogP contribution < -0.4 is 10.6 Å². The molecule has 0 saturated heterocycles. The zero-order chi connectivity index (χ0) is 24.4. The van der Waals surface area contributed by atoms with Gasteiger partial charge in [0.05, 0.1) is 5.56 Å². The van der Waals surface area contributed by atoms with Gasteiger partial charge < -0.3 is 14.8 Å². The molecule has 8 heteroatoms. The Morgan fingerprint density at radius 2 is 1.64 bits per heavy atom. The molecular weight excluding hydrogens is 424 g/mol. The van der Waals surface area contributed by atoms with Crippen molar-refractivity contribution in [2.45, 2.75) is 46.1 Å². The number of ketones is 1. The summed E-state index contributed by atoms with van der Waals surface area (Å²) in [7, 11) is 0. The van der Waals surface area contributed by atoms with Crippen molar-refractivity contribution in [1.82, 2.24) is 5.32 Å². The molecule has 0 aromatic heterocycles. The Morgan fingerprint density at radius 3 is 2.27 bits per heavy atom. The monoisotopic (exact) mass is 454 g/mol. The summed E-state index contributed by atoms with van der Waals surface area (Å²) in [4.78, 5) is 47.5. The van der Waals surface area contributed by atoms with E-state index in [0.29, 0.717) is 17.8 Å². The molecule has 33 heavy (non-hydrogen) atoms. The molecule has 2 rings (SSSR count). The molecule has 8 nitrogen and oxygen atoms in total. The lowest BCUT2D eigenvalue weighted by molar-refractivity contribution is -0.118. The quantitative estimate of drug-likeness (QED) is 0.335. The highest BCUT2D eigenvalue weighted by atomic mass is 16.6. The number of carbonyl (C=O) groups is 4. The van der Waals surface area contributed by atoms with Crippen LogP contribution in [0.15, 0.2) is 48.5 Å². The lowest BCUT2D eigenvalue weighted by atomic mass is 10.1. The summed E-state index contributed by atoms with van der Waals surface area (Å²) in [6, 6.07) is 13.3. The highest BCUT2D eigenvalue weighted by Crippen LogP contribution is 2.15. The third-order valence-corrected chi connectivity index (χ3v) is 4.37. The predicted molar refractivity (Wildman–Crippen MR) is 124 cm³/mol. The Balaban J connectivity index is 1.85. The fourth-order valence-corrected chi connectivity index (χ4v) is 2.86. The van der Waals surface area contributed by atoms with Gasteiger partial charge in [0.2, 0.25) is 5.91 Å². The van der Waals surface area contributed by atoms with E-state index < -0.39 is 24.3 Å². The van der Waals surface area contributed by atoms with E-state index in [2.05, 4.69) is 10.6 Å². The minimum absolute atomic E-state index is 0.0588. The Morgan fingerprint density at radius 1 is 0.939 bits per heavy atom. The molecule has 2 aromatic carbocycles. The molecule has 0 fully saturated rings. The van der Waals surface area contributed by atoms with Crippen molar-refractivity contribution in [3.05, 3.63) is 65.2 Å². The van der Waals surface area contributed by atoms with Crippen LogP contribution in [0, 0.1) is 0 Å². The van der Waals surface area contributed by atoms with Crippen LogP contribution in [-0.2, 0) is 20.7 Å². The molecule has 2 aromatic rings. The molecule has 176 valence electrons. The molecule has 0 aliphatic carbocycles. The summed E-state index contributed by atoms with van der Waals surface area (Å²) < 4.78 is 10.3. The average Bonchev–Trinajstić information content (AvgIpc) is 2.74. The van der Waals surface area contributed by atoms with Crippen molar-refractivity contribution in [3.63, 3.8) is 0 Å². The van der Waals surface area contributed by atoms with Gasteiger partial charge in [-0.1, -0.05) is 30.3 Å². The van der Waals surface area contributed by atoms with Crippen molar-refractivity contribution in [2.75, 3.05) is 18.5 Å². The second kappa shape index (κ2) is 11.8. The number of benzene rings is 2. The normalized spacial score (nSPS) is 10.8. The van der Waals surface area contributed by atoms with Crippen LogP contribution in [0.5, 0.6) is 0 Å². The number of esters is 1. The number of hydrogen-bond acceptors (Lipinski definition) is 6. The first-order valence-electron chi connectivity index (χ1n) is 10.7. The average molecular weight is 455 g/mol. The zero-order valence-electron chi connectivity index (χ0n) is 19.4. The van der Waals surface area contributed by atoms with Crippen molar-refractivity contribution < 1.29 is 28.7 Å². The van der Waals surface area contributed by atoms with Crippen LogP contribution in [0.1, 0.15) is 60.4 Å². The number of amides is 2. The van der Waals surface area contributed by atoms with Gasteiger partial charge in [-0.2, -0.15) is 0 Å². The van der Waals surface area contributed by atoms with E-state index in [1.54, 1.807) is 45.0 Å². The largest absolute Gasteiger partial charge is 0.454 e. The number of hydrogen-bond donors (Lipinski definition) is 2. The van der Waals surface area contributed by atoms with E-state index in [4.69, 9.17) is 9.47 Å². The van der Waals surface area contributed by atoms with Crippen molar-refractivity contribution >= 4 is 29.4 Å². The molecule has 2 N–H and O–H groups in total. The zero-order valence-corrected chi connectivity index (χ0v) is 19.4. The van der Waals surface area contributed by atoms with Crippen molar-refractivity contribution in [2.24, 2.45) is 0 Å². The van der Waals surface area contributed by atoms with E-state index in [-0.39, 0.29) is 17.3 Å². The van der Waals surface area contributed by atoms with E-state index >= 15 is 0 Å². The van der Waals surface area contributed by atoms with Crippen LogP contribution in [0.3, 0.4) is 0 Å². The van der Waals surface area contributed by atoms with Crippen molar-refractivity contribution in [3.8, 4) is 0 Å². The minimum Gasteiger partial charge on any atom is -0.454 e. The molecule has 0 atom stereocenters. The Kier molecular flexibility index (Phi) is 9.15. The Hall–Kier alpha value is -3.68. The summed E-state index contributed by atoms with van der Waals surface area (Å²) in [5.41, 5.74) is 1.41. The molecule has 0 unspecified atom stereocenters. The maximum atomic E-state index is 12.4. The van der Waals surface area contributed by atoms with Crippen LogP contribution in [0.25, 0.3) is 0 Å². The van der Waals surface area contributed by atoms with Gasteiger partial charge in [-0.25, -0.2) is 9.59 Å². The number of carbonyl (C=O) groups excluding carboxylic acids is 4. The van der Waals surface area contributed by atoms with Gasteiger partial charge in [-0.3, -0.25) is 14.9 Å². The maximum absolute atomic E-state index is 12.4. The Labute approximate surface area is 193 Å². The van der Waals surface area contributed by atoms with Crippen LogP contribution >= 0.6 is 0 Å². The third kappa shape index (κ3) is 9.55. The molecule has 0 radical (unpaired) electrons. The summed E-state index contributed by atoms with van der Waals surface area (Å²) in [6.45, 7) is 6.92. The number of Topliss-reactive ketones (excluding diaryl/α,β-unsaturated/α-hetero) is 1. The number of nitrogens with one attached hydrogen (secondary N) is 2. The standard InChI is InChI=1S/C25H30N2O6/c1-17(28)26-14-6-7-18-10-12-19(13-11-18)22(29)16-32-23(30)20-8-5-9-21(15-20)27-24(31)33-25(2,3)4/h5,8-13,15H,6-7,14,16H2,1-4H3,(H,26,28)(H,27,31). The molecule has 0 bridgehead atoms.